The van der Waals surface area contributed by atoms with Crippen LogP contribution in [0.25, 0.3) is 89.7 Å². The summed E-state index contributed by atoms with van der Waals surface area (Å²) in [6, 6.07) is 55.4. The summed E-state index contributed by atoms with van der Waals surface area (Å²) in [6.45, 7) is 0. The molecule has 6 nitrogen and oxygen atoms in total. The summed E-state index contributed by atoms with van der Waals surface area (Å²) in [7, 11) is 0. The number of hydrogen-bond acceptors (Lipinski definition) is 6. The number of rotatable bonds is 6. The van der Waals surface area contributed by atoms with Crippen LogP contribution in [-0.4, -0.2) is 29.9 Å². The predicted octanol–water partition coefficient (Wildman–Crippen LogP) is 10.4. The van der Waals surface area contributed by atoms with Crippen LogP contribution in [0, 0.1) is 0 Å². The molecule has 9 aromatic rings. The molecule has 0 saturated carbocycles. The van der Waals surface area contributed by atoms with Gasteiger partial charge in [0.15, 0.2) is 17.5 Å². The summed E-state index contributed by atoms with van der Waals surface area (Å²) in [5.74, 6) is 1.70. The molecule has 0 aliphatic carbocycles. The zero-order chi connectivity index (χ0) is 33.3. The molecule has 0 aliphatic heterocycles. The van der Waals surface area contributed by atoms with Crippen molar-refractivity contribution in [2.75, 3.05) is 0 Å². The number of aromatic nitrogens is 6. The van der Waals surface area contributed by atoms with Crippen molar-refractivity contribution in [3.8, 4) is 67.9 Å². The molecular formula is C44H28N6. The number of hydrogen-bond donors (Lipinski definition) is 0. The molecule has 4 heterocycles. The maximum Gasteiger partial charge on any atom is 0.182 e. The first kappa shape index (κ1) is 29.2. The summed E-state index contributed by atoms with van der Waals surface area (Å²) >= 11 is 0. The fourth-order valence-corrected chi connectivity index (χ4v) is 6.27. The Morgan fingerprint density at radius 3 is 1.54 bits per heavy atom. The highest BCUT2D eigenvalue weighted by Gasteiger charge is 2.16. The summed E-state index contributed by atoms with van der Waals surface area (Å²) in [5.41, 5.74) is 10.3. The van der Waals surface area contributed by atoms with Crippen LogP contribution in [0.5, 0.6) is 0 Å². The number of benzene rings is 5. The lowest BCUT2D eigenvalue weighted by Gasteiger charge is -2.13. The van der Waals surface area contributed by atoms with Crippen LogP contribution >= 0.6 is 0 Å². The van der Waals surface area contributed by atoms with Gasteiger partial charge in [-0.25, -0.2) is 24.9 Å². The minimum atomic E-state index is 0.525. The molecule has 50 heavy (non-hydrogen) atoms. The van der Waals surface area contributed by atoms with Crippen LogP contribution in [0.2, 0.25) is 0 Å². The largest absolute Gasteiger partial charge is 0.253 e. The molecule has 0 saturated heterocycles. The first-order valence-electron chi connectivity index (χ1n) is 16.5. The van der Waals surface area contributed by atoms with Crippen LogP contribution in [0.3, 0.4) is 0 Å². The molecule has 0 spiro atoms. The highest BCUT2D eigenvalue weighted by molar-refractivity contribution is 6.09. The van der Waals surface area contributed by atoms with E-state index in [0.29, 0.717) is 23.2 Å². The second-order valence-corrected chi connectivity index (χ2v) is 12.0. The normalized spacial score (nSPS) is 11.2. The molecule has 4 aromatic heterocycles. The zero-order valence-corrected chi connectivity index (χ0v) is 26.8. The molecule has 0 aliphatic rings. The Kier molecular flexibility index (Phi) is 7.37. The van der Waals surface area contributed by atoms with E-state index in [0.717, 1.165) is 66.6 Å². The van der Waals surface area contributed by atoms with Crippen LogP contribution in [0.4, 0.5) is 0 Å². The Morgan fingerprint density at radius 2 is 0.860 bits per heavy atom. The van der Waals surface area contributed by atoms with Gasteiger partial charge in [-0.1, -0.05) is 140 Å². The summed E-state index contributed by atoms with van der Waals surface area (Å²) in [6.07, 6.45) is 1.75. The van der Waals surface area contributed by atoms with Crippen molar-refractivity contribution in [3.05, 3.63) is 170 Å². The van der Waals surface area contributed by atoms with Crippen LogP contribution in [0.1, 0.15) is 0 Å². The highest BCUT2D eigenvalue weighted by Crippen LogP contribution is 2.36. The van der Waals surface area contributed by atoms with E-state index < -0.39 is 0 Å². The molecule has 0 N–H and O–H groups in total. The van der Waals surface area contributed by atoms with E-state index in [1.54, 1.807) is 6.20 Å². The Labute approximate surface area is 288 Å². The predicted molar refractivity (Wildman–Crippen MR) is 201 cm³/mol. The van der Waals surface area contributed by atoms with Crippen molar-refractivity contribution in [1.82, 2.24) is 29.9 Å². The smallest absolute Gasteiger partial charge is 0.182 e. The standard InChI is InChI=1S/C44H28N6/c1-4-12-29(13-5-1)36-28-39(47-41-35(36)25-23-32-24-26-37(46-40(32)41)30-14-6-2-7-15-30)31-19-21-34(22-20-31)43-48-42(33-16-8-3-9-17-33)49-44(50-43)38-18-10-11-27-45-38/h1-28H. The summed E-state index contributed by atoms with van der Waals surface area (Å²) in [5, 5.41) is 2.10. The van der Waals surface area contributed by atoms with Gasteiger partial charge in [-0.05, 0) is 35.4 Å². The van der Waals surface area contributed by atoms with E-state index in [4.69, 9.17) is 24.9 Å². The third-order valence-corrected chi connectivity index (χ3v) is 8.79. The fourth-order valence-electron chi connectivity index (χ4n) is 6.27. The number of pyridine rings is 3. The van der Waals surface area contributed by atoms with Gasteiger partial charge < -0.3 is 0 Å². The van der Waals surface area contributed by atoms with Crippen molar-refractivity contribution in [2.24, 2.45) is 0 Å². The molecule has 0 fully saturated rings. The van der Waals surface area contributed by atoms with Crippen molar-refractivity contribution < 1.29 is 0 Å². The second-order valence-electron chi connectivity index (χ2n) is 12.0. The monoisotopic (exact) mass is 640 g/mol. The summed E-state index contributed by atoms with van der Waals surface area (Å²) < 4.78 is 0. The average molecular weight is 641 g/mol. The molecule has 0 unspecified atom stereocenters. The third kappa shape index (κ3) is 5.55. The maximum absolute atomic E-state index is 5.29. The molecule has 0 bridgehead atoms. The molecule has 234 valence electrons. The quantitative estimate of drug-likeness (QED) is 0.168. The molecule has 0 radical (unpaired) electrons. The lowest BCUT2D eigenvalue weighted by Crippen LogP contribution is -2.01. The van der Waals surface area contributed by atoms with E-state index >= 15 is 0 Å². The van der Waals surface area contributed by atoms with Crippen LogP contribution in [0.15, 0.2) is 170 Å². The molecule has 6 heteroatoms. The van der Waals surface area contributed by atoms with Gasteiger partial charge in [-0.3, -0.25) is 4.98 Å². The van der Waals surface area contributed by atoms with Crippen molar-refractivity contribution >= 4 is 21.8 Å². The third-order valence-electron chi connectivity index (χ3n) is 8.79. The molecule has 5 aromatic carbocycles. The minimum absolute atomic E-state index is 0.525. The van der Waals surface area contributed by atoms with Crippen molar-refractivity contribution in [3.63, 3.8) is 0 Å². The molecule has 0 amide bonds. The van der Waals surface area contributed by atoms with Gasteiger partial charge in [-0.2, -0.15) is 0 Å². The molecule has 9 rings (SSSR count). The first-order chi connectivity index (χ1) is 24.8. The number of fused-ring (bicyclic) bond motifs is 3. The average Bonchev–Trinajstić information content (AvgIpc) is 3.21. The van der Waals surface area contributed by atoms with E-state index in [2.05, 4.69) is 83.8 Å². The minimum Gasteiger partial charge on any atom is -0.253 e. The molecule has 0 atom stereocenters. The Bertz CT molecular complexity index is 2550. The van der Waals surface area contributed by atoms with Crippen molar-refractivity contribution in [2.45, 2.75) is 0 Å². The van der Waals surface area contributed by atoms with Gasteiger partial charge >= 0.3 is 0 Å². The lowest BCUT2D eigenvalue weighted by atomic mass is 9.96. The van der Waals surface area contributed by atoms with E-state index in [9.17, 15) is 0 Å². The Hall–Kier alpha value is -6.92. The number of nitrogens with zero attached hydrogens (tertiary/aromatic N) is 6. The van der Waals surface area contributed by atoms with E-state index in [-0.39, 0.29) is 0 Å². The van der Waals surface area contributed by atoms with Gasteiger partial charge in [0.1, 0.15) is 5.69 Å². The van der Waals surface area contributed by atoms with Gasteiger partial charge in [0.25, 0.3) is 0 Å². The van der Waals surface area contributed by atoms with Crippen LogP contribution in [-0.2, 0) is 0 Å². The maximum atomic E-state index is 5.29. The lowest BCUT2D eigenvalue weighted by molar-refractivity contribution is 1.06. The van der Waals surface area contributed by atoms with Gasteiger partial charge in [0.05, 0.1) is 22.4 Å². The molecular weight excluding hydrogens is 613 g/mol. The fraction of sp³-hybridized carbons (Fsp3) is 0. The second kappa shape index (κ2) is 12.6. The van der Waals surface area contributed by atoms with Gasteiger partial charge in [0.2, 0.25) is 0 Å². The van der Waals surface area contributed by atoms with Gasteiger partial charge in [-0.15, -0.1) is 0 Å². The summed E-state index contributed by atoms with van der Waals surface area (Å²) in [4.78, 5) is 29.5. The highest BCUT2D eigenvalue weighted by atomic mass is 15.0. The van der Waals surface area contributed by atoms with Crippen molar-refractivity contribution in [1.29, 1.82) is 0 Å². The van der Waals surface area contributed by atoms with Crippen LogP contribution < -0.4 is 0 Å². The SMILES string of the molecule is c1ccc(-c2ccc3ccc4c(-c5ccccc5)cc(-c5ccc(-c6nc(-c7ccccc7)nc(-c7ccccn7)n6)cc5)nc4c3n2)cc1. The van der Waals surface area contributed by atoms with E-state index in [1.165, 1.54) is 0 Å². The van der Waals surface area contributed by atoms with E-state index in [1.807, 2.05) is 84.9 Å². The first-order valence-corrected chi connectivity index (χ1v) is 16.5. The van der Waals surface area contributed by atoms with Gasteiger partial charge in [0, 0.05) is 39.2 Å². The Morgan fingerprint density at radius 1 is 0.320 bits per heavy atom. The zero-order valence-electron chi connectivity index (χ0n) is 26.8. The topological polar surface area (TPSA) is 77.3 Å². The Balaban J connectivity index is 1.19.